The Hall–Kier alpha value is -1.00. The molecule has 1 amide bonds. The zero-order valence-corrected chi connectivity index (χ0v) is 15.1. The van der Waals surface area contributed by atoms with Gasteiger partial charge in [-0.05, 0) is 6.07 Å². The number of nitrogens with zero attached hydrogens (tertiary/aromatic N) is 1. The van der Waals surface area contributed by atoms with E-state index >= 15 is 0 Å². The first-order valence-electron chi connectivity index (χ1n) is 7.02. The van der Waals surface area contributed by atoms with E-state index in [0.717, 1.165) is 0 Å². The second-order valence-corrected chi connectivity index (χ2v) is 9.62. The van der Waals surface area contributed by atoms with Crippen molar-refractivity contribution < 1.29 is 48.6 Å². The van der Waals surface area contributed by atoms with Gasteiger partial charge < -0.3 is 25.3 Å². The molecule has 2 atom stereocenters. The van der Waals surface area contributed by atoms with Crippen molar-refractivity contribution in [3.63, 3.8) is 0 Å². The Morgan fingerprint density at radius 1 is 1.40 bits per heavy atom. The van der Waals surface area contributed by atoms with Crippen molar-refractivity contribution in [3.8, 4) is 0 Å². The van der Waals surface area contributed by atoms with Crippen molar-refractivity contribution in [3.05, 3.63) is 30.1 Å². The molecule has 0 aliphatic heterocycles. The Kier molecular flexibility index (Phi) is 7.17. The molecule has 1 rings (SSSR count). The number of hydrogen-bond donors (Lipinski definition) is 8. The van der Waals surface area contributed by atoms with E-state index in [1.54, 1.807) is 0 Å². The average Bonchev–Trinajstić information content (AvgIpc) is 2.43. The molecule has 25 heavy (non-hydrogen) atoms. The van der Waals surface area contributed by atoms with Crippen LogP contribution < -0.4 is 9.88 Å². The maximum absolute atomic E-state index is 11.4. The predicted octanol–water partition coefficient (Wildman–Crippen LogP) is -2.42. The minimum absolute atomic E-state index is 0.0140. The van der Waals surface area contributed by atoms with Crippen LogP contribution in [0.5, 0.6) is 0 Å². The monoisotopic (exact) mass is 400 g/mol. The van der Waals surface area contributed by atoms with Crippen molar-refractivity contribution in [2.45, 2.75) is 31.1 Å². The van der Waals surface area contributed by atoms with Gasteiger partial charge in [-0.3, -0.25) is 9.36 Å². The Balaban J connectivity index is 2.97. The minimum atomic E-state index is -5.49. The van der Waals surface area contributed by atoms with E-state index in [0.29, 0.717) is 0 Å². The molecule has 1 aromatic heterocycles. The van der Waals surface area contributed by atoms with Gasteiger partial charge in [0, 0.05) is 25.1 Å². The molecule has 11 nitrogen and oxygen atoms in total. The molecule has 1 aromatic rings. The fraction of sp³-hybridized carbons (Fsp3) is 0.500. The molecule has 0 fully saturated rings. The summed E-state index contributed by atoms with van der Waals surface area (Å²) in [4.78, 5) is 57.0. The number of carbonyl (C=O) groups excluding carboxylic acids is 1. The first-order valence-corrected chi connectivity index (χ1v) is 10.3. The molecule has 0 aliphatic rings. The third-order valence-corrected chi connectivity index (χ3v) is 7.11. The number of carbonyl (C=O) groups is 1. The number of nitrogens with one attached hydrogen (secondary N) is 1. The van der Waals surface area contributed by atoms with Crippen LogP contribution in [0.25, 0.3) is 0 Å². The van der Waals surface area contributed by atoms with Crippen molar-refractivity contribution in [2.75, 3.05) is 6.54 Å². The fourth-order valence-corrected chi connectivity index (χ4v) is 4.20. The number of aliphatic hydroxyl groups excluding tert-OH is 1. The van der Waals surface area contributed by atoms with Gasteiger partial charge >= 0.3 is 20.6 Å². The van der Waals surface area contributed by atoms with Crippen molar-refractivity contribution in [1.29, 1.82) is 0 Å². The van der Waals surface area contributed by atoms with E-state index < -0.39 is 33.1 Å². The Bertz CT molecular complexity index is 660. The summed E-state index contributed by atoms with van der Waals surface area (Å²) < 4.78 is 12.8. The van der Waals surface area contributed by atoms with Gasteiger partial charge in [-0.1, -0.05) is 0 Å². The smallest absolute Gasteiger partial charge is 0.385 e. The normalized spacial score (nSPS) is 16.2. The maximum Gasteiger partial charge on any atom is 0.451 e. The van der Waals surface area contributed by atoms with Crippen LogP contribution in [0.15, 0.2) is 24.5 Å². The first kappa shape index (κ1) is 22.0. The molecule has 0 saturated carbocycles. The van der Waals surface area contributed by atoms with Gasteiger partial charge in [-0.15, -0.1) is 0 Å². The van der Waals surface area contributed by atoms with Crippen molar-refractivity contribution in [1.82, 2.24) is 5.32 Å². The number of hydrogen-bond acceptors (Lipinski definition) is 7. The molecule has 0 spiro atoms. The molecule has 142 valence electrons. The van der Waals surface area contributed by atoms with Crippen LogP contribution in [0.4, 0.5) is 0 Å². The van der Waals surface area contributed by atoms with Gasteiger partial charge in [-0.2, -0.15) is 14.7 Å². The highest BCUT2D eigenvalue weighted by molar-refractivity contribution is 7.75. The number of amides is 1. The summed E-state index contributed by atoms with van der Waals surface area (Å²) >= 11 is 0. The molecule has 2 unspecified atom stereocenters. The lowest BCUT2D eigenvalue weighted by molar-refractivity contribution is -0.703. The van der Waals surface area contributed by atoms with E-state index in [1.165, 1.54) is 36.0 Å². The second-order valence-electron chi connectivity index (χ2n) is 5.56. The lowest BCUT2D eigenvalue weighted by atomic mass is 10.2. The summed E-state index contributed by atoms with van der Waals surface area (Å²) in [6.45, 7) is 1.29. The highest BCUT2D eigenvalue weighted by Crippen LogP contribution is 2.72. The second kappa shape index (κ2) is 8.13. The number of pyridine rings is 1. The van der Waals surface area contributed by atoms with Crippen LogP contribution in [0.3, 0.4) is 0 Å². The number of aliphatic hydroxyl groups is 2. The minimum Gasteiger partial charge on any atom is -0.385 e. The molecule has 0 aliphatic carbocycles. The number of aromatic nitrogens is 1. The fourth-order valence-electron chi connectivity index (χ4n) is 2.02. The summed E-state index contributed by atoms with van der Waals surface area (Å²) in [5.41, 5.74) is 0.0709. The lowest BCUT2D eigenvalue weighted by Crippen LogP contribution is -2.44. The maximum atomic E-state index is 11.4. The van der Waals surface area contributed by atoms with E-state index in [9.17, 15) is 44.0 Å². The summed E-state index contributed by atoms with van der Waals surface area (Å²) in [6.07, 6.45) is 0.922. The first-order chi connectivity index (χ1) is 11.3. The molecule has 1 heterocycles. The lowest BCUT2D eigenvalue weighted by Gasteiger charge is -2.26. The summed E-state index contributed by atoms with van der Waals surface area (Å²) in [5.74, 6) is -0.321. The van der Waals surface area contributed by atoms with Crippen molar-refractivity contribution in [2.24, 2.45) is 0 Å². The van der Waals surface area contributed by atoms with Gasteiger partial charge in [0.25, 0.3) is 0 Å². The summed E-state index contributed by atoms with van der Waals surface area (Å²) in [6, 6.07) is 2.78. The van der Waals surface area contributed by atoms with Crippen LogP contribution >= 0.6 is 15.5 Å². The highest BCUT2D eigenvalue weighted by Gasteiger charge is 2.69. The van der Waals surface area contributed by atoms with Gasteiger partial charge in [-0.25, -0.2) is 4.57 Å². The topological polar surface area (TPSA) is 192 Å². The van der Waals surface area contributed by atoms with E-state index in [4.69, 9.17) is 0 Å². The van der Waals surface area contributed by atoms with Crippen LogP contribution in [-0.2, 0) is 22.3 Å². The van der Waals surface area contributed by atoms with Crippen LogP contribution in [0, 0.1) is 0 Å². The molecular weight excluding hydrogens is 378 g/mol. The molecule has 0 bridgehead atoms. The van der Waals surface area contributed by atoms with Gasteiger partial charge in [0.15, 0.2) is 18.9 Å². The predicted molar refractivity (Wildman–Crippen MR) is 85.6 cm³/mol. The molecule has 0 radical (unpaired) electrons. The Morgan fingerprint density at radius 3 is 2.48 bits per heavy atom. The Labute approximate surface area is 143 Å². The van der Waals surface area contributed by atoms with Crippen LogP contribution in [-0.4, -0.2) is 58.3 Å². The van der Waals surface area contributed by atoms with E-state index in [2.05, 4.69) is 5.32 Å². The van der Waals surface area contributed by atoms with Crippen molar-refractivity contribution >= 4 is 21.4 Å². The summed E-state index contributed by atoms with van der Waals surface area (Å²) in [7, 11) is -10.8. The third kappa shape index (κ3) is 6.03. The van der Waals surface area contributed by atoms with Gasteiger partial charge in [0.2, 0.25) is 5.91 Å². The largest absolute Gasteiger partial charge is 0.451 e. The van der Waals surface area contributed by atoms with Gasteiger partial charge in [0.05, 0.1) is 6.42 Å². The molecule has 0 saturated heterocycles. The summed E-state index contributed by atoms with van der Waals surface area (Å²) in [5, 5.41) is 18.8. The highest BCUT2D eigenvalue weighted by atomic mass is 31.3. The quantitative estimate of drug-likeness (QED) is 0.173. The average molecular weight is 400 g/mol. The third-order valence-electron chi connectivity index (χ3n) is 3.32. The molecule has 8 N–H and O–H groups in total. The van der Waals surface area contributed by atoms with E-state index in [1.807, 2.05) is 0 Å². The molecule has 0 aromatic carbocycles. The standard InChI is InChI=1S/C12H20N2O9P2/c1-9(15)13-6-11(16)8-14-4-2-3-10(7-14)5-12(17,24(18,19)20)25(21,22)23/h2-4,7,11,16-20H,5-6,8H2,1H3,(H-2,13,15,21,22,23)/p+2. The van der Waals surface area contributed by atoms with Crippen LogP contribution in [0.2, 0.25) is 0 Å². The zero-order valence-electron chi connectivity index (χ0n) is 13.3. The molecule has 13 heteroatoms. The van der Waals surface area contributed by atoms with Gasteiger partial charge in [0.1, 0.15) is 6.10 Å². The Morgan fingerprint density at radius 2 is 2.00 bits per heavy atom. The number of rotatable bonds is 8. The SMILES string of the molecule is CC(=O)NCC(O)C[n+]1cccc(CC(O)(P(=O)(O)O)[P+](O)(O)O)c1. The molecular formula is C12H22N2O9P2+2. The van der Waals surface area contributed by atoms with Crippen LogP contribution in [0.1, 0.15) is 12.5 Å². The van der Waals surface area contributed by atoms with E-state index in [-0.39, 0.29) is 24.6 Å². The zero-order chi connectivity index (χ0) is 19.5.